The largest absolute Gasteiger partial charge is 0.457 e. The van der Waals surface area contributed by atoms with E-state index >= 15 is 0 Å². The average Bonchev–Trinajstić information content (AvgIpc) is 3.87. The Morgan fingerprint density at radius 2 is 1.03 bits per heavy atom. The van der Waals surface area contributed by atoms with E-state index in [4.69, 9.17) is 9.72 Å². The van der Waals surface area contributed by atoms with Gasteiger partial charge in [0.25, 0.3) is 0 Å². The van der Waals surface area contributed by atoms with Crippen molar-refractivity contribution in [2.24, 2.45) is 0 Å². The van der Waals surface area contributed by atoms with Crippen LogP contribution in [0.15, 0.2) is 164 Å². The van der Waals surface area contributed by atoms with Gasteiger partial charge in [0.05, 0.1) is 28.1 Å². The molecule has 5 heteroatoms. The molecule has 3 heterocycles. The number of fused-ring (bicyclic) bond motifs is 4. The van der Waals surface area contributed by atoms with Gasteiger partial charge >= 0.3 is 0 Å². The Balaban J connectivity index is 1.10. The molecule has 0 radical (unpaired) electrons. The fraction of sp³-hybridized carbons (Fsp3) is 0.277. The van der Waals surface area contributed by atoms with Crippen LogP contribution in [0.3, 0.4) is 0 Å². The van der Waals surface area contributed by atoms with E-state index in [1.807, 2.05) is 6.20 Å². The highest BCUT2D eigenvalue weighted by molar-refractivity contribution is 6.09. The summed E-state index contributed by atoms with van der Waals surface area (Å²) in [6.07, 6.45) is 1.93. The number of hydrogen-bond acceptors (Lipinski definition) is 4. The van der Waals surface area contributed by atoms with Gasteiger partial charge in [0.1, 0.15) is 24.0 Å². The second kappa shape index (κ2) is 17.1. The smallest absolute Gasteiger partial charge is 0.137 e. The molecule has 2 aromatic heterocycles. The van der Waals surface area contributed by atoms with Crippen LogP contribution >= 0.6 is 0 Å². The van der Waals surface area contributed by atoms with Crippen molar-refractivity contribution in [1.29, 1.82) is 0 Å². The molecule has 0 saturated carbocycles. The molecule has 0 saturated heterocycles. The number of nitrogens with zero attached hydrogens (tertiary/aromatic N) is 4. The summed E-state index contributed by atoms with van der Waals surface area (Å²) in [6, 6.07) is 58.2. The zero-order chi connectivity index (χ0) is 49.5. The molecule has 0 N–H and O–H groups in total. The second-order valence-electron chi connectivity index (χ2n) is 23.6. The third kappa shape index (κ3) is 8.65. The summed E-state index contributed by atoms with van der Waals surface area (Å²) in [5.41, 5.74) is 17.8. The summed E-state index contributed by atoms with van der Waals surface area (Å²) in [4.78, 5) is 9.92. The number of pyridine rings is 1. The first-order valence-corrected chi connectivity index (χ1v) is 25.0. The van der Waals surface area contributed by atoms with E-state index in [9.17, 15) is 0 Å². The molecule has 1 aliphatic heterocycles. The van der Waals surface area contributed by atoms with Crippen molar-refractivity contribution in [2.75, 3.05) is 16.5 Å². The summed E-state index contributed by atoms with van der Waals surface area (Å²) in [6.45, 7) is 30.5. The summed E-state index contributed by atoms with van der Waals surface area (Å²) in [5.74, 6) is 2.49. The molecule has 0 atom stereocenters. The van der Waals surface area contributed by atoms with E-state index < -0.39 is 0 Å². The first-order chi connectivity index (χ1) is 33.1. The van der Waals surface area contributed by atoms with Crippen molar-refractivity contribution >= 4 is 44.6 Å². The molecule has 0 aliphatic carbocycles. The zero-order valence-corrected chi connectivity index (χ0v) is 43.5. The van der Waals surface area contributed by atoms with Crippen molar-refractivity contribution in [3.05, 3.63) is 192 Å². The third-order valence-electron chi connectivity index (χ3n) is 14.2. The lowest BCUT2D eigenvalue weighted by atomic mass is 9.77. The average molecular weight is 921 g/mol. The molecule has 5 nitrogen and oxygen atoms in total. The molecule has 70 heavy (non-hydrogen) atoms. The number of anilines is 4. The zero-order valence-electron chi connectivity index (χ0n) is 43.5. The molecule has 0 bridgehead atoms. The monoisotopic (exact) mass is 921 g/mol. The molecular formula is C65H68N4O. The molecule has 1 aliphatic rings. The minimum atomic E-state index is -0.0894. The van der Waals surface area contributed by atoms with Crippen molar-refractivity contribution in [2.45, 2.75) is 112 Å². The fourth-order valence-electron chi connectivity index (χ4n) is 9.95. The van der Waals surface area contributed by atoms with Gasteiger partial charge in [-0.1, -0.05) is 168 Å². The summed E-state index contributed by atoms with van der Waals surface area (Å²) < 4.78 is 9.26. The Bertz CT molecular complexity index is 3410. The standard InChI is InChI=1S/C65H68N4O/c1-42-27-28-49(39-59(42)70-50-29-30-52-51-23-17-18-24-55(51)69(58(52)40-50)60-38-45(31-32-66-60)62(2,3)4)67-41-68(57-26-20-19-25-56(57)67)61-53(43-21-15-14-16-22-43)36-48(65(11,12)13)37-54(61)44-33-46(63(5,6)7)35-47(34-44)64(8,9)10/h14-40H,41H2,1-13H3. The second-order valence-corrected chi connectivity index (χ2v) is 23.6. The van der Waals surface area contributed by atoms with Crippen molar-refractivity contribution in [3.8, 4) is 39.6 Å². The van der Waals surface area contributed by atoms with Crippen molar-refractivity contribution in [1.82, 2.24) is 9.55 Å². The molecule has 7 aromatic carbocycles. The van der Waals surface area contributed by atoms with Gasteiger partial charge in [0, 0.05) is 45.9 Å². The first kappa shape index (κ1) is 46.6. The summed E-state index contributed by atoms with van der Waals surface area (Å²) in [5, 5.41) is 2.35. The number of ether oxygens (including phenoxy) is 1. The van der Waals surface area contributed by atoms with Crippen LogP contribution in [0.4, 0.5) is 22.7 Å². The van der Waals surface area contributed by atoms with E-state index in [1.54, 1.807) is 0 Å². The van der Waals surface area contributed by atoms with Gasteiger partial charge in [0.15, 0.2) is 0 Å². The van der Waals surface area contributed by atoms with Gasteiger partial charge < -0.3 is 14.5 Å². The van der Waals surface area contributed by atoms with E-state index in [0.717, 1.165) is 56.4 Å². The molecule has 354 valence electrons. The lowest BCUT2D eigenvalue weighted by Gasteiger charge is -2.31. The van der Waals surface area contributed by atoms with E-state index in [1.165, 1.54) is 55.6 Å². The maximum absolute atomic E-state index is 6.98. The third-order valence-corrected chi connectivity index (χ3v) is 14.2. The Morgan fingerprint density at radius 3 is 1.69 bits per heavy atom. The normalized spacial score (nSPS) is 13.4. The van der Waals surface area contributed by atoms with Gasteiger partial charge in [-0.05, 0) is 128 Å². The summed E-state index contributed by atoms with van der Waals surface area (Å²) >= 11 is 0. The van der Waals surface area contributed by atoms with Crippen LogP contribution in [-0.2, 0) is 21.7 Å². The maximum atomic E-state index is 6.98. The molecule has 9 aromatic rings. The molecule has 0 spiro atoms. The lowest BCUT2D eigenvalue weighted by molar-refractivity contribution is 0.479. The number of para-hydroxylation sites is 3. The van der Waals surface area contributed by atoms with Crippen molar-refractivity contribution in [3.63, 3.8) is 0 Å². The Kier molecular flexibility index (Phi) is 11.4. The number of rotatable bonds is 7. The molecule has 0 amide bonds. The molecule has 0 unspecified atom stereocenters. The van der Waals surface area contributed by atoms with Gasteiger partial charge in [-0.2, -0.15) is 0 Å². The predicted molar refractivity (Wildman–Crippen MR) is 298 cm³/mol. The van der Waals surface area contributed by atoms with Crippen LogP contribution in [0.1, 0.15) is 111 Å². The van der Waals surface area contributed by atoms with Gasteiger partial charge in [0.2, 0.25) is 0 Å². The highest BCUT2D eigenvalue weighted by atomic mass is 16.5. The predicted octanol–water partition coefficient (Wildman–Crippen LogP) is 18.1. The number of benzene rings is 7. The van der Waals surface area contributed by atoms with Crippen LogP contribution in [0.25, 0.3) is 49.9 Å². The first-order valence-electron chi connectivity index (χ1n) is 25.0. The fourth-order valence-corrected chi connectivity index (χ4v) is 9.95. The Hall–Kier alpha value is -7.11. The quantitative estimate of drug-likeness (QED) is 0.159. The minimum Gasteiger partial charge on any atom is -0.457 e. The van der Waals surface area contributed by atoms with E-state index in [0.29, 0.717) is 6.67 Å². The highest BCUT2D eigenvalue weighted by Gasteiger charge is 2.34. The molecule has 10 rings (SSSR count). The number of aryl methyl sites for hydroxylation is 1. The van der Waals surface area contributed by atoms with E-state index in [2.05, 4.69) is 262 Å². The van der Waals surface area contributed by atoms with Crippen LogP contribution in [-0.4, -0.2) is 16.2 Å². The lowest BCUT2D eigenvalue weighted by Crippen LogP contribution is -2.25. The van der Waals surface area contributed by atoms with Gasteiger partial charge in [-0.15, -0.1) is 0 Å². The Morgan fingerprint density at radius 1 is 0.457 bits per heavy atom. The van der Waals surface area contributed by atoms with Gasteiger partial charge in [-0.25, -0.2) is 4.98 Å². The topological polar surface area (TPSA) is 33.5 Å². The molecular weight excluding hydrogens is 853 g/mol. The highest BCUT2D eigenvalue weighted by Crippen LogP contribution is 2.52. The number of aromatic nitrogens is 2. The van der Waals surface area contributed by atoms with Crippen LogP contribution < -0.4 is 14.5 Å². The van der Waals surface area contributed by atoms with E-state index in [-0.39, 0.29) is 21.7 Å². The summed E-state index contributed by atoms with van der Waals surface area (Å²) in [7, 11) is 0. The van der Waals surface area contributed by atoms with Crippen LogP contribution in [0.2, 0.25) is 0 Å². The van der Waals surface area contributed by atoms with Crippen LogP contribution in [0, 0.1) is 6.92 Å². The minimum absolute atomic E-state index is 0.0162. The number of hydrogen-bond donors (Lipinski definition) is 0. The SMILES string of the molecule is Cc1ccc(N2CN(c3c(-c4ccccc4)cc(C(C)(C)C)cc3-c3cc(C(C)(C)C)cc(C(C)(C)C)c3)c3ccccc32)cc1Oc1ccc2c3ccccc3n(-c3cc(C(C)(C)C)ccn3)c2c1. The van der Waals surface area contributed by atoms with Gasteiger partial charge in [-0.3, -0.25) is 4.57 Å². The Labute approximate surface area is 416 Å². The van der Waals surface area contributed by atoms with Crippen LogP contribution in [0.5, 0.6) is 11.5 Å². The maximum Gasteiger partial charge on any atom is 0.137 e. The molecule has 0 fully saturated rings. The van der Waals surface area contributed by atoms with Crippen molar-refractivity contribution < 1.29 is 4.74 Å².